The molecule has 3 aromatic carbocycles. The quantitative estimate of drug-likeness (QED) is 0.394. The van der Waals surface area contributed by atoms with E-state index >= 15 is 0 Å². The zero-order chi connectivity index (χ0) is 19.9. The molecule has 28 heavy (non-hydrogen) atoms. The van der Waals surface area contributed by atoms with Crippen molar-refractivity contribution in [1.29, 1.82) is 5.26 Å². The molecule has 0 unspecified atom stereocenters. The second kappa shape index (κ2) is 9.03. The van der Waals surface area contributed by atoms with Crippen LogP contribution in [0.2, 0.25) is 0 Å². The Morgan fingerprint density at radius 2 is 1.79 bits per heavy atom. The summed E-state index contributed by atoms with van der Waals surface area (Å²) >= 11 is 3.43. The zero-order valence-corrected chi connectivity index (χ0v) is 16.4. The molecule has 0 spiro atoms. The molecular weight excluding hydrogens is 418 g/mol. The van der Waals surface area contributed by atoms with Gasteiger partial charge in [0.25, 0.3) is 0 Å². The number of para-hydroxylation sites is 1. The minimum absolute atomic E-state index is 0.236. The molecular formula is C23H16BrNO3. The standard InChI is InChI=1S/C23H16BrNO3/c24-21-6-3-5-18(13-21)20(14-25)12-19-4-1-2-7-22(19)28-15-16-8-10-17(11-9-16)23(26)27/h1-13H,15H2,(H,26,27)/b20-12-. The largest absolute Gasteiger partial charge is 0.488 e. The van der Waals surface area contributed by atoms with Crippen molar-refractivity contribution in [2.24, 2.45) is 0 Å². The first-order valence-corrected chi connectivity index (χ1v) is 9.28. The lowest BCUT2D eigenvalue weighted by Gasteiger charge is -2.10. The predicted molar refractivity (Wildman–Crippen MR) is 112 cm³/mol. The summed E-state index contributed by atoms with van der Waals surface area (Å²) in [7, 11) is 0. The van der Waals surface area contributed by atoms with Crippen molar-refractivity contribution >= 4 is 33.5 Å². The molecule has 3 rings (SSSR count). The highest BCUT2D eigenvalue weighted by atomic mass is 79.9. The minimum atomic E-state index is -0.959. The Kier molecular flexibility index (Phi) is 6.25. The van der Waals surface area contributed by atoms with Gasteiger partial charge in [0.05, 0.1) is 17.2 Å². The third kappa shape index (κ3) is 4.87. The molecule has 4 nitrogen and oxygen atoms in total. The Balaban J connectivity index is 1.82. The minimum Gasteiger partial charge on any atom is -0.488 e. The van der Waals surface area contributed by atoms with Crippen LogP contribution in [0.1, 0.15) is 27.0 Å². The summed E-state index contributed by atoms with van der Waals surface area (Å²) in [4.78, 5) is 10.9. The van der Waals surface area contributed by atoms with Crippen LogP contribution >= 0.6 is 15.9 Å². The summed E-state index contributed by atoms with van der Waals surface area (Å²) in [6.07, 6.45) is 1.80. The van der Waals surface area contributed by atoms with Gasteiger partial charge < -0.3 is 9.84 Å². The molecule has 0 saturated heterocycles. The number of nitrogens with zero attached hydrogens (tertiary/aromatic N) is 1. The predicted octanol–water partition coefficient (Wildman–Crippen LogP) is 5.79. The summed E-state index contributed by atoms with van der Waals surface area (Å²) in [6, 6.07) is 23.8. The van der Waals surface area contributed by atoms with Crippen molar-refractivity contribution < 1.29 is 14.6 Å². The van der Waals surface area contributed by atoms with Crippen LogP contribution in [-0.2, 0) is 6.61 Å². The van der Waals surface area contributed by atoms with Gasteiger partial charge in [0.1, 0.15) is 12.4 Å². The van der Waals surface area contributed by atoms with E-state index in [-0.39, 0.29) is 5.56 Å². The van der Waals surface area contributed by atoms with Crippen LogP contribution in [-0.4, -0.2) is 11.1 Å². The molecule has 0 bridgehead atoms. The fraction of sp³-hybridized carbons (Fsp3) is 0.0435. The van der Waals surface area contributed by atoms with Gasteiger partial charge in [-0.25, -0.2) is 4.79 Å². The van der Waals surface area contributed by atoms with Crippen molar-refractivity contribution in [3.8, 4) is 11.8 Å². The van der Waals surface area contributed by atoms with Gasteiger partial charge in [0.15, 0.2) is 0 Å². The van der Waals surface area contributed by atoms with E-state index in [9.17, 15) is 10.1 Å². The molecule has 1 N–H and O–H groups in total. The summed E-state index contributed by atoms with van der Waals surface area (Å²) < 4.78 is 6.82. The first kappa shape index (κ1) is 19.4. The number of carboxylic acid groups (broad SMARTS) is 1. The van der Waals surface area contributed by atoms with Gasteiger partial charge in [-0.05, 0) is 47.5 Å². The van der Waals surface area contributed by atoms with E-state index in [2.05, 4.69) is 22.0 Å². The molecule has 0 saturated carbocycles. The van der Waals surface area contributed by atoms with Crippen LogP contribution in [0, 0.1) is 11.3 Å². The Morgan fingerprint density at radius 3 is 2.46 bits per heavy atom. The smallest absolute Gasteiger partial charge is 0.335 e. The maximum atomic E-state index is 10.9. The monoisotopic (exact) mass is 433 g/mol. The van der Waals surface area contributed by atoms with E-state index < -0.39 is 5.97 Å². The summed E-state index contributed by atoms with van der Waals surface area (Å²) in [5.74, 6) is -0.313. The van der Waals surface area contributed by atoms with Gasteiger partial charge >= 0.3 is 5.97 Å². The Hall–Kier alpha value is -3.36. The first-order chi connectivity index (χ1) is 13.6. The van der Waals surface area contributed by atoms with Crippen LogP contribution in [0.25, 0.3) is 11.6 Å². The molecule has 0 aromatic heterocycles. The van der Waals surface area contributed by atoms with Crippen molar-refractivity contribution in [2.45, 2.75) is 6.61 Å². The van der Waals surface area contributed by atoms with Crippen molar-refractivity contribution in [3.63, 3.8) is 0 Å². The average Bonchev–Trinajstić information content (AvgIpc) is 2.71. The SMILES string of the molecule is N#C/C(=C/c1ccccc1OCc1ccc(C(=O)O)cc1)c1cccc(Br)c1. The molecule has 0 atom stereocenters. The van der Waals surface area contributed by atoms with E-state index in [1.54, 1.807) is 30.3 Å². The number of carbonyl (C=O) groups is 1. The van der Waals surface area contributed by atoms with E-state index in [0.717, 1.165) is 21.2 Å². The highest BCUT2D eigenvalue weighted by molar-refractivity contribution is 9.10. The highest BCUT2D eigenvalue weighted by Gasteiger charge is 2.07. The third-order valence-electron chi connectivity index (χ3n) is 4.07. The normalized spacial score (nSPS) is 10.9. The van der Waals surface area contributed by atoms with Gasteiger partial charge in [-0.15, -0.1) is 0 Å². The van der Waals surface area contributed by atoms with Gasteiger partial charge in [-0.3, -0.25) is 0 Å². The van der Waals surface area contributed by atoms with Crippen molar-refractivity contribution in [3.05, 3.63) is 99.5 Å². The van der Waals surface area contributed by atoms with Gasteiger partial charge in [-0.2, -0.15) is 5.26 Å². The number of nitriles is 1. The van der Waals surface area contributed by atoms with E-state index in [4.69, 9.17) is 9.84 Å². The Bertz CT molecular complexity index is 1070. The van der Waals surface area contributed by atoms with Crippen LogP contribution in [0.5, 0.6) is 5.75 Å². The van der Waals surface area contributed by atoms with Crippen LogP contribution in [0.4, 0.5) is 0 Å². The molecule has 0 fully saturated rings. The number of benzene rings is 3. The number of rotatable bonds is 6. The molecule has 0 aliphatic heterocycles. The van der Waals surface area contributed by atoms with E-state index in [1.807, 2.05) is 48.5 Å². The lowest BCUT2D eigenvalue weighted by molar-refractivity contribution is 0.0697. The van der Waals surface area contributed by atoms with Crippen molar-refractivity contribution in [2.75, 3.05) is 0 Å². The molecule has 0 aliphatic rings. The number of carboxylic acids is 1. The molecule has 0 amide bonds. The molecule has 0 heterocycles. The van der Waals surface area contributed by atoms with E-state index in [0.29, 0.717) is 17.9 Å². The molecule has 3 aromatic rings. The van der Waals surface area contributed by atoms with Crippen LogP contribution in [0.15, 0.2) is 77.3 Å². The lowest BCUT2D eigenvalue weighted by Crippen LogP contribution is -1.99. The van der Waals surface area contributed by atoms with Crippen molar-refractivity contribution in [1.82, 2.24) is 0 Å². The number of hydrogen-bond acceptors (Lipinski definition) is 3. The fourth-order valence-electron chi connectivity index (χ4n) is 2.63. The van der Waals surface area contributed by atoms with Gasteiger partial charge in [-0.1, -0.05) is 58.4 Å². The highest BCUT2D eigenvalue weighted by Crippen LogP contribution is 2.26. The van der Waals surface area contributed by atoms with Gasteiger partial charge in [0.2, 0.25) is 0 Å². The fourth-order valence-corrected chi connectivity index (χ4v) is 3.03. The molecule has 0 radical (unpaired) electrons. The topological polar surface area (TPSA) is 70.3 Å². The number of ether oxygens (including phenoxy) is 1. The number of aromatic carboxylic acids is 1. The molecule has 138 valence electrons. The first-order valence-electron chi connectivity index (χ1n) is 8.48. The van der Waals surface area contributed by atoms with Crippen LogP contribution in [0.3, 0.4) is 0 Å². The average molecular weight is 434 g/mol. The van der Waals surface area contributed by atoms with E-state index in [1.165, 1.54) is 0 Å². The molecule has 0 aliphatic carbocycles. The Morgan fingerprint density at radius 1 is 1.04 bits per heavy atom. The maximum absolute atomic E-state index is 10.9. The second-order valence-electron chi connectivity index (χ2n) is 6.01. The summed E-state index contributed by atoms with van der Waals surface area (Å²) in [5.41, 5.74) is 3.23. The lowest BCUT2D eigenvalue weighted by atomic mass is 10.0. The summed E-state index contributed by atoms with van der Waals surface area (Å²) in [6.45, 7) is 0.295. The second-order valence-corrected chi connectivity index (χ2v) is 6.92. The molecule has 5 heteroatoms. The zero-order valence-electron chi connectivity index (χ0n) is 14.8. The number of allylic oxidation sites excluding steroid dienone is 1. The van der Waals surface area contributed by atoms with Crippen LogP contribution < -0.4 is 4.74 Å². The Labute approximate surface area is 171 Å². The van der Waals surface area contributed by atoms with Gasteiger partial charge in [0, 0.05) is 10.0 Å². The number of halogens is 1. The maximum Gasteiger partial charge on any atom is 0.335 e. The summed E-state index contributed by atoms with van der Waals surface area (Å²) in [5, 5.41) is 18.6. The number of hydrogen-bond donors (Lipinski definition) is 1. The third-order valence-corrected chi connectivity index (χ3v) is 4.56.